The average Bonchev–Trinajstić information content (AvgIpc) is 2.27. The largest absolute Gasteiger partial charge is 0.481 e. The zero-order valence-corrected chi connectivity index (χ0v) is 9.37. The van der Waals surface area contributed by atoms with Crippen LogP contribution in [-0.4, -0.2) is 24.7 Å². The van der Waals surface area contributed by atoms with Crippen molar-refractivity contribution in [1.82, 2.24) is 4.98 Å². The summed E-state index contributed by atoms with van der Waals surface area (Å²) in [6.45, 7) is 1.61. The van der Waals surface area contributed by atoms with Crippen LogP contribution in [0, 0.1) is 0 Å². The fraction of sp³-hybridized carbons (Fsp3) is 0.400. The van der Waals surface area contributed by atoms with E-state index in [4.69, 9.17) is 10.5 Å². The zero-order valence-electron chi connectivity index (χ0n) is 9.37. The molecule has 94 valence electrons. The van der Waals surface area contributed by atoms with Crippen LogP contribution in [0.4, 0.5) is 14.5 Å². The topological polar surface area (TPSA) is 74.4 Å². The highest BCUT2D eigenvalue weighted by molar-refractivity contribution is 5.91. The van der Waals surface area contributed by atoms with Crippen LogP contribution >= 0.6 is 0 Å². The summed E-state index contributed by atoms with van der Waals surface area (Å²) in [5.74, 6) is -0.969. The number of pyridine rings is 1. The number of hydrogen-bond donors (Lipinski definition) is 1. The predicted octanol–water partition coefficient (Wildman–Crippen LogP) is 1.79. The van der Waals surface area contributed by atoms with E-state index in [0.29, 0.717) is 0 Å². The Hall–Kier alpha value is -1.92. The lowest BCUT2D eigenvalue weighted by atomic mass is 10.1. The number of methoxy groups -OCH3 is 1. The van der Waals surface area contributed by atoms with Crippen molar-refractivity contribution in [2.45, 2.75) is 13.3 Å². The van der Waals surface area contributed by atoms with Gasteiger partial charge in [-0.3, -0.25) is 0 Å². The van der Waals surface area contributed by atoms with Crippen LogP contribution in [0.3, 0.4) is 0 Å². The van der Waals surface area contributed by atoms with Gasteiger partial charge in [0, 0.05) is 11.8 Å². The lowest BCUT2D eigenvalue weighted by molar-refractivity contribution is 0.0506. The van der Waals surface area contributed by atoms with E-state index >= 15 is 0 Å². The third-order valence-corrected chi connectivity index (χ3v) is 1.96. The van der Waals surface area contributed by atoms with Gasteiger partial charge in [-0.25, -0.2) is 18.6 Å². The maximum atomic E-state index is 12.8. The summed E-state index contributed by atoms with van der Waals surface area (Å²) >= 11 is 0. The molecule has 17 heavy (non-hydrogen) atoms. The van der Waals surface area contributed by atoms with Crippen LogP contribution in [0.2, 0.25) is 0 Å². The monoisotopic (exact) mass is 246 g/mol. The number of rotatable bonds is 4. The van der Waals surface area contributed by atoms with Gasteiger partial charge in [0.2, 0.25) is 5.88 Å². The van der Waals surface area contributed by atoms with Gasteiger partial charge in [-0.1, -0.05) is 0 Å². The molecule has 0 bridgehead atoms. The van der Waals surface area contributed by atoms with Gasteiger partial charge in [0.05, 0.1) is 19.3 Å². The SMILES string of the molecule is CCOC(=O)c1nc(OC)cc(N)c1C(F)F. The molecule has 1 heterocycles. The number of nitrogens with zero attached hydrogens (tertiary/aromatic N) is 1. The number of halogens is 2. The summed E-state index contributed by atoms with van der Waals surface area (Å²) in [5, 5.41) is 0. The normalized spacial score (nSPS) is 10.4. The average molecular weight is 246 g/mol. The van der Waals surface area contributed by atoms with Gasteiger partial charge in [-0.2, -0.15) is 0 Å². The zero-order chi connectivity index (χ0) is 13.0. The molecule has 0 atom stereocenters. The third-order valence-electron chi connectivity index (χ3n) is 1.96. The van der Waals surface area contributed by atoms with Crippen LogP contribution in [0.5, 0.6) is 5.88 Å². The number of hydrogen-bond acceptors (Lipinski definition) is 5. The van der Waals surface area contributed by atoms with Crippen molar-refractivity contribution in [2.24, 2.45) is 0 Å². The number of carbonyl (C=O) groups excluding carboxylic acids is 1. The van der Waals surface area contributed by atoms with E-state index in [1.165, 1.54) is 7.11 Å². The molecule has 0 aliphatic rings. The van der Waals surface area contributed by atoms with E-state index in [0.717, 1.165) is 6.07 Å². The van der Waals surface area contributed by atoms with Crippen molar-refractivity contribution in [3.63, 3.8) is 0 Å². The van der Waals surface area contributed by atoms with Gasteiger partial charge < -0.3 is 15.2 Å². The van der Waals surface area contributed by atoms with Crippen molar-refractivity contribution in [2.75, 3.05) is 19.5 Å². The summed E-state index contributed by atoms with van der Waals surface area (Å²) in [4.78, 5) is 15.1. The molecule has 1 rings (SSSR count). The number of esters is 1. The first-order valence-corrected chi connectivity index (χ1v) is 4.80. The standard InChI is InChI=1S/C10H12F2N2O3/c1-3-17-10(15)8-7(9(11)12)5(13)4-6(14-8)16-2/h4,9H,3H2,1-2H3,(H2,13,14). The third kappa shape index (κ3) is 2.80. The lowest BCUT2D eigenvalue weighted by Gasteiger charge is -2.11. The van der Waals surface area contributed by atoms with Gasteiger partial charge in [0.1, 0.15) is 0 Å². The van der Waals surface area contributed by atoms with Crippen molar-refractivity contribution in [3.8, 4) is 5.88 Å². The molecule has 0 saturated heterocycles. The van der Waals surface area contributed by atoms with E-state index in [9.17, 15) is 13.6 Å². The first kappa shape index (κ1) is 13.1. The Balaban J connectivity index is 3.32. The molecular weight excluding hydrogens is 234 g/mol. The van der Waals surface area contributed by atoms with E-state index in [1.807, 2.05) is 0 Å². The van der Waals surface area contributed by atoms with E-state index in [-0.39, 0.29) is 18.2 Å². The number of carbonyl (C=O) groups is 1. The number of ether oxygens (including phenoxy) is 2. The molecule has 5 nitrogen and oxygen atoms in total. The maximum Gasteiger partial charge on any atom is 0.357 e. The lowest BCUT2D eigenvalue weighted by Crippen LogP contribution is -2.13. The molecule has 0 unspecified atom stereocenters. The Bertz CT molecular complexity index is 424. The number of anilines is 1. The quantitative estimate of drug-likeness (QED) is 0.820. The first-order valence-electron chi connectivity index (χ1n) is 4.80. The van der Waals surface area contributed by atoms with Crippen LogP contribution in [0.1, 0.15) is 29.4 Å². The number of aromatic nitrogens is 1. The van der Waals surface area contributed by atoms with Crippen LogP contribution in [0.25, 0.3) is 0 Å². The molecule has 7 heteroatoms. The fourth-order valence-corrected chi connectivity index (χ4v) is 1.24. The molecule has 0 spiro atoms. The Morgan fingerprint density at radius 2 is 2.24 bits per heavy atom. The molecule has 0 amide bonds. The number of nitrogen functional groups attached to an aromatic ring is 1. The van der Waals surface area contributed by atoms with E-state index in [2.05, 4.69) is 9.72 Å². The molecule has 1 aromatic heterocycles. The summed E-state index contributed by atoms with van der Waals surface area (Å²) in [6, 6.07) is 1.13. The molecule has 0 saturated carbocycles. The second kappa shape index (κ2) is 5.42. The molecular formula is C10H12F2N2O3. The van der Waals surface area contributed by atoms with E-state index < -0.39 is 23.7 Å². The molecule has 0 radical (unpaired) electrons. The minimum absolute atomic E-state index is 0.0186. The maximum absolute atomic E-state index is 12.8. The molecule has 0 aliphatic heterocycles. The van der Waals surface area contributed by atoms with Crippen molar-refractivity contribution in [3.05, 3.63) is 17.3 Å². The summed E-state index contributed by atoms with van der Waals surface area (Å²) in [6.07, 6.45) is -2.91. The Morgan fingerprint density at radius 1 is 1.59 bits per heavy atom. The van der Waals surface area contributed by atoms with Gasteiger partial charge in [-0.05, 0) is 6.92 Å². The Labute approximate surface area is 96.5 Å². The Morgan fingerprint density at radius 3 is 2.71 bits per heavy atom. The van der Waals surface area contributed by atoms with Crippen LogP contribution in [-0.2, 0) is 4.74 Å². The highest BCUT2D eigenvalue weighted by atomic mass is 19.3. The van der Waals surface area contributed by atoms with Gasteiger partial charge in [0.15, 0.2) is 5.69 Å². The van der Waals surface area contributed by atoms with Crippen molar-refractivity contribution in [1.29, 1.82) is 0 Å². The van der Waals surface area contributed by atoms with Crippen LogP contribution in [0.15, 0.2) is 6.07 Å². The van der Waals surface area contributed by atoms with Crippen molar-refractivity contribution >= 4 is 11.7 Å². The second-order valence-corrected chi connectivity index (χ2v) is 3.04. The Kier molecular flexibility index (Phi) is 4.19. The van der Waals surface area contributed by atoms with Gasteiger partial charge in [-0.15, -0.1) is 0 Å². The summed E-state index contributed by atoms with van der Waals surface area (Å²) < 4.78 is 34.9. The molecule has 0 fully saturated rings. The van der Waals surface area contributed by atoms with Gasteiger partial charge in [0.25, 0.3) is 6.43 Å². The summed E-state index contributed by atoms with van der Waals surface area (Å²) in [7, 11) is 1.29. The molecule has 0 aliphatic carbocycles. The number of alkyl halides is 2. The number of nitrogens with two attached hydrogens (primary N) is 1. The minimum Gasteiger partial charge on any atom is -0.481 e. The highest BCUT2D eigenvalue weighted by Crippen LogP contribution is 2.30. The molecule has 0 aromatic carbocycles. The van der Waals surface area contributed by atoms with Crippen LogP contribution < -0.4 is 10.5 Å². The fourth-order valence-electron chi connectivity index (χ4n) is 1.24. The predicted molar refractivity (Wildman–Crippen MR) is 56.1 cm³/mol. The minimum atomic E-state index is -2.91. The smallest absolute Gasteiger partial charge is 0.357 e. The molecule has 1 aromatic rings. The van der Waals surface area contributed by atoms with Gasteiger partial charge >= 0.3 is 5.97 Å². The second-order valence-electron chi connectivity index (χ2n) is 3.04. The first-order chi connectivity index (χ1) is 8.01. The molecule has 2 N–H and O–H groups in total. The van der Waals surface area contributed by atoms with Crippen molar-refractivity contribution < 1.29 is 23.0 Å². The van der Waals surface area contributed by atoms with E-state index in [1.54, 1.807) is 6.92 Å². The highest BCUT2D eigenvalue weighted by Gasteiger charge is 2.25. The summed E-state index contributed by atoms with van der Waals surface area (Å²) in [5.41, 5.74) is 4.02.